The van der Waals surface area contributed by atoms with Crippen LogP contribution in [0.4, 0.5) is 0 Å². The van der Waals surface area contributed by atoms with Crippen LogP contribution < -0.4 is 0 Å². The molecule has 0 aromatic carbocycles. The maximum atomic E-state index is 12.5. The lowest BCUT2D eigenvalue weighted by Crippen LogP contribution is -2.45. The molecule has 3 rings (SSSR count). The second-order valence-corrected chi connectivity index (χ2v) is 7.39. The van der Waals surface area contributed by atoms with Crippen molar-refractivity contribution in [2.45, 2.75) is 26.7 Å². The number of rotatable bonds is 6. The summed E-state index contributed by atoms with van der Waals surface area (Å²) >= 11 is 0. The van der Waals surface area contributed by atoms with Gasteiger partial charge in [-0.25, -0.2) is 0 Å². The van der Waals surface area contributed by atoms with Gasteiger partial charge in [0.1, 0.15) is 5.41 Å². The van der Waals surface area contributed by atoms with Gasteiger partial charge in [0.25, 0.3) is 0 Å². The lowest BCUT2D eigenvalue weighted by atomic mass is 9.81. The third-order valence-corrected chi connectivity index (χ3v) is 5.88. The van der Waals surface area contributed by atoms with Gasteiger partial charge in [-0.1, -0.05) is 13.8 Å². The number of likely N-dealkylation sites (N-methyl/N-ethyl adjacent to an activating group) is 1. The number of fused-ring (bicyclic) bond motifs is 1. The van der Waals surface area contributed by atoms with Crippen molar-refractivity contribution in [1.29, 1.82) is 0 Å². The maximum Gasteiger partial charge on any atom is 0.313 e. The predicted octanol–water partition coefficient (Wildman–Crippen LogP) is 0.110. The summed E-state index contributed by atoms with van der Waals surface area (Å²) < 4.78 is 0. The van der Waals surface area contributed by atoms with Crippen molar-refractivity contribution < 1.29 is 19.5 Å². The van der Waals surface area contributed by atoms with E-state index in [4.69, 9.17) is 0 Å². The first-order valence-corrected chi connectivity index (χ1v) is 8.93. The zero-order valence-corrected chi connectivity index (χ0v) is 14.5. The molecule has 1 saturated carbocycles. The van der Waals surface area contributed by atoms with Crippen molar-refractivity contribution in [3.05, 3.63) is 0 Å². The summed E-state index contributed by atoms with van der Waals surface area (Å²) in [6, 6.07) is 0. The molecule has 2 amide bonds. The minimum Gasteiger partial charge on any atom is -0.481 e. The number of carboxylic acids is 1. The van der Waals surface area contributed by atoms with Crippen molar-refractivity contribution in [3.63, 3.8) is 0 Å². The van der Waals surface area contributed by atoms with E-state index in [1.165, 1.54) is 0 Å². The summed E-state index contributed by atoms with van der Waals surface area (Å²) in [6.07, 6.45) is 1.85. The Labute approximate surface area is 142 Å². The van der Waals surface area contributed by atoms with Crippen LogP contribution in [0.3, 0.4) is 0 Å². The molecule has 1 aliphatic carbocycles. The van der Waals surface area contributed by atoms with Crippen LogP contribution in [0.25, 0.3) is 0 Å². The molecule has 134 valence electrons. The van der Waals surface area contributed by atoms with Gasteiger partial charge in [0.15, 0.2) is 0 Å². The van der Waals surface area contributed by atoms with E-state index in [1.54, 1.807) is 9.80 Å². The SMILES string of the molecule is CCN(CC)CC(=O)N1C[C@@H]2CN(C(=O)C3CC3)C[C@]2(C(=O)O)C1. The Morgan fingerprint density at radius 2 is 1.67 bits per heavy atom. The molecule has 0 aromatic rings. The largest absolute Gasteiger partial charge is 0.481 e. The third-order valence-electron chi connectivity index (χ3n) is 5.88. The van der Waals surface area contributed by atoms with Gasteiger partial charge in [-0.15, -0.1) is 0 Å². The molecule has 0 aromatic heterocycles. The molecule has 0 unspecified atom stereocenters. The first-order chi connectivity index (χ1) is 11.4. The molecule has 7 nitrogen and oxygen atoms in total. The molecule has 0 bridgehead atoms. The molecule has 2 aliphatic heterocycles. The van der Waals surface area contributed by atoms with Gasteiger partial charge in [-0.3, -0.25) is 19.3 Å². The Morgan fingerprint density at radius 1 is 1.08 bits per heavy atom. The van der Waals surface area contributed by atoms with Crippen LogP contribution in [-0.2, 0) is 14.4 Å². The average Bonchev–Trinajstić information content (AvgIpc) is 3.23. The highest BCUT2D eigenvalue weighted by atomic mass is 16.4. The molecule has 3 aliphatic rings. The van der Waals surface area contributed by atoms with Gasteiger partial charge >= 0.3 is 5.97 Å². The van der Waals surface area contributed by atoms with Gasteiger partial charge in [0.2, 0.25) is 11.8 Å². The number of hydrogen-bond acceptors (Lipinski definition) is 4. The van der Waals surface area contributed by atoms with Crippen LogP contribution >= 0.6 is 0 Å². The van der Waals surface area contributed by atoms with Crippen molar-refractivity contribution in [2.75, 3.05) is 45.8 Å². The number of hydrogen-bond donors (Lipinski definition) is 1. The second-order valence-electron chi connectivity index (χ2n) is 7.39. The molecule has 2 atom stereocenters. The maximum absolute atomic E-state index is 12.5. The second kappa shape index (κ2) is 6.35. The molecule has 24 heavy (non-hydrogen) atoms. The number of nitrogens with zero attached hydrogens (tertiary/aromatic N) is 3. The van der Waals surface area contributed by atoms with E-state index in [0.717, 1.165) is 25.9 Å². The average molecular weight is 337 g/mol. The Kier molecular flexibility index (Phi) is 4.55. The first kappa shape index (κ1) is 17.2. The zero-order chi connectivity index (χ0) is 17.5. The number of carboxylic acid groups (broad SMARTS) is 1. The standard InChI is InChI=1S/C17H27N3O4/c1-3-18(4-2)9-14(21)19-7-13-8-20(15(22)12-5-6-12)11-17(13,10-19)16(23)24/h12-13H,3-11H2,1-2H3,(H,23,24)/t13-,17-/m1/s1. The number of carbonyl (C=O) groups excluding carboxylic acids is 2. The molecule has 7 heteroatoms. The van der Waals surface area contributed by atoms with E-state index in [0.29, 0.717) is 19.6 Å². The normalized spacial score (nSPS) is 29.2. The van der Waals surface area contributed by atoms with Crippen LogP contribution in [-0.4, -0.2) is 83.4 Å². The fraction of sp³-hybridized carbons (Fsp3) is 0.824. The molecule has 2 heterocycles. The summed E-state index contributed by atoms with van der Waals surface area (Å²) in [4.78, 5) is 42.2. The van der Waals surface area contributed by atoms with Gasteiger partial charge in [-0.05, 0) is 25.9 Å². The summed E-state index contributed by atoms with van der Waals surface area (Å²) in [7, 11) is 0. The van der Waals surface area contributed by atoms with Gasteiger partial charge in [0, 0.05) is 38.0 Å². The molecule has 0 spiro atoms. The number of amides is 2. The van der Waals surface area contributed by atoms with Crippen LogP contribution in [0.2, 0.25) is 0 Å². The highest BCUT2D eigenvalue weighted by molar-refractivity contribution is 5.86. The fourth-order valence-corrected chi connectivity index (χ4v) is 4.05. The summed E-state index contributed by atoms with van der Waals surface area (Å²) in [5, 5.41) is 9.82. The van der Waals surface area contributed by atoms with E-state index in [-0.39, 0.29) is 36.7 Å². The van der Waals surface area contributed by atoms with Crippen LogP contribution in [0.15, 0.2) is 0 Å². The van der Waals surface area contributed by atoms with Gasteiger partial charge in [0.05, 0.1) is 6.54 Å². The smallest absolute Gasteiger partial charge is 0.313 e. The molecule has 2 saturated heterocycles. The lowest BCUT2D eigenvalue weighted by molar-refractivity contribution is -0.149. The number of likely N-dealkylation sites (tertiary alicyclic amines) is 2. The minimum atomic E-state index is -0.983. The van der Waals surface area contributed by atoms with Crippen LogP contribution in [0.1, 0.15) is 26.7 Å². The highest BCUT2D eigenvalue weighted by Gasteiger charge is 2.60. The molecule has 0 radical (unpaired) electrons. The minimum absolute atomic E-state index is 0.00575. The third kappa shape index (κ3) is 2.90. The fourth-order valence-electron chi connectivity index (χ4n) is 4.05. The number of aliphatic carboxylic acids is 1. The Bertz CT molecular complexity index is 544. The van der Waals surface area contributed by atoms with E-state index in [9.17, 15) is 19.5 Å². The highest BCUT2D eigenvalue weighted by Crippen LogP contribution is 2.44. The molecule has 3 fully saturated rings. The monoisotopic (exact) mass is 337 g/mol. The van der Waals surface area contributed by atoms with E-state index in [1.807, 2.05) is 18.7 Å². The molecular weight excluding hydrogens is 310 g/mol. The first-order valence-electron chi connectivity index (χ1n) is 8.93. The van der Waals surface area contributed by atoms with Crippen molar-refractivity contribution in [3.8, 4) is 0 Å². The Morgan fingerprint density at radius 3 is 2.17 bits per heavy atom. The summed E-state index contributed by atoms with van der Waals surface area (Å²) in [5.41, 5.74) is -0.983. The summed E-state index contributed by atoms with van der Waals surface area (Å²) in [6.45, 7) is 7.34. The molecule has 1 N–H and O–H groups in total. The van der Waals surface area contributed by atoms with E-state index in [2.05, 4.69) is 0 Å². The van der Waals surface area contributed by atoms with Gasteiger partial charge in [-0.2, -0.15) is 0 Å². The predicted molar refractivity (Wildman–Crippen MR) is 87.2 cm³/mol. The van der Waals surface area contributed by atoms with Crippen molar-refractivity contribution in [2.24, 2.45) is 17.3 Å². The van der Waals surface area contributed by atoms with Gasteiger partial charge < -0.3 is 14.9 Å². The Hall–Kier alpha value is -1.63. The zero-order valence-electron chi connectivity index (χ0n) is 14.5. The lowest BCUT2D eigenvalue weighted by Gasteiger charge is -2.27. The number of carbonyl (C=O) groups is 3. The van der Waals surface area contributed by atoms with Crippen molar-refractivity contribution in [1.82, 2.24) is 14.7 Å². The Balaban J connectivity index is 1.68. The molecular formula is C17H27N3O4. The van der Waals surface area contributed by atoms with Crippen LogP contribution in [0, 0.1) is 17.3 Å². The topological polar surface area (TPSA) is 81.2 Å². The van der Waals surface area contributed by atoms with E-state index < -0.39 is 11.4 Å². The van der Waals surface area contributed by atoms with Crippen LogP contribution in [0.5, 0.6) is 0 Å². The quantitative estimate of drug-likeness (QED) is 0.744. The summed E-state index contributed by atoms with van der Waals surface area (Å²) in [5.74, 6) is -0.829. The van der Waals surface area contributed by atoms with E-state index >= 15 is 0 Å². The van der Waals surface area contributed by atoms with Crippen molar-refractivity contribution >= 4 is 17.8 Å².